The van der Waals surface area contributed by atoms with Crippen LogP contribution in [0.15, 0.2) is 35.7 Å². The van der Waals surface area contributed by atoms with Crippen molar-refractivity contribution in [2.45, 2.75) is 20.3 Å². The number of nitrogens with one attached hydrogen (secondary N) is 1. The highest BCUT2D eigenvalue weighted by Crippen LogP contribution is 2.26. The molecule has 4 rings (SSSR count). The van der Waals surface area contributed by atoms with Gasteiger partial charge in [0.2, 0.25) is 5.91 Å². The fourth-order valence-corrected chi connectivity index (χ4v) is 3.63. The molecule has 0 aliphatic heterocycles. The lowest BCUT2D eigenvalue weighted by Crippen LogP contribution is -2.15. The van der Waals surface area contributed by atoms with Crippen molar-refractivity contribution in [2.24, 2.45) is 0 Å². The fraction of sp³-hybridized carbons (Fsp3) is 0.167. The number of anilines is 1. The zero-order valence-corrected chi connectivity index (χ0v) is 16.2. The molecule has 1 aromatic carbocycles. The Hall–Kier alpha value is -2.84. The lowest BCUT2D eigenvalue weighted by Gasteiger charge is -1.99. The van der Waals surface area contributed by atoms with Gasteiger partial charge in [0.1, 0.15) is 0 Å². The highest BCUT2D eigenvalue weighted by molar-refractivity contribution is 7.14. The molecule has 3 aromatic heterocycles. The number of hydrogen-bond acceptors (Lipinski definition) is 6. The van der Waals surface area contributed by atoms with E-state index < -0.39 is 0 Å². The number of fused-ring (bicyclic) bond motifs is 1. The van der Waals surface area contributed by atoms with Gasteiger partial charge in [0, 0.05) is 27.4 Å². The highest BCUT2D eigenvalue weighted by atomic mass is 35.5. The van der Waals surface area contributed by atoms with E-state index in [1.54, 1.807) is 10.6 Å². The van der Waals surface area contributed by atoms with Crippen LogP contribution in [0.1, 0.15) is 17.2 Å². The average molecular weight is 399 g/mol. The van der Waals surface area contributed by atoms with Gasteiger partial charge in [-0.05, 0) is 32.0 Å². The minimum absolute atomic E-state index is 0.0495. The molecule has 9 heteroatoms. The van der Waals surface area contributed by atoms with Gasteiger partial charge in [0.15, 0.2) is 11.0 Å². The van der Waals surface area contributed by atoms with Crippen molar-refractivity contribution >= 4 is 39.8 Å². The first-order chi connectivity index (χ1) is 13.0. The van der Waals surface area contributed by atoms with Crippen LogP contribution in [0.3, 0.4) is 0 Å². The summed E-state index contributed by atoms with van der Waals surface area (Å²) in [5, 5.41) is 10.2. The molecule has 0 aliphatic carbocycles. The van der Waals surface area contributed by atoms with Gasteiger partial charge in [-0.3, -0.25) is 4.79 Å². The Kier molecular flexibility index (Phi) is 4.59. The van der Waals surface area contributed by atoms with Gasteiger partial charge in [0.25, 0.3) is 5.78 Å². The van der Waals surface area contributed by atoms with Crippen LogP contribution in [0.5, 0.6) is 0 Å². The molecule has 1 N–H and O–H groups in total. The van der Waals surface area contributed by atoms with Gasteiger partial charge in [-0.15, -0.1) is 16.4 Å². The second-order valence-electron chi connectivity index (χ2n) is 6.05. The minimum Gasteiger partial charge on any atom is -0.302 e. The molecule has 0 unspecified atom stereocenters. The summed E-state index contributed by atoms with van der Waals surface area (Å²) in [6.07, 6.45) is 0.0495. The minimum atomic E-state index is -0.229. The zero-order chi connectivity index (χ0) is 19.0. The number of amides is 1. The first kappa shape index (κ1) is 17.6. The predicted octanol–water partition coefficient (Wildman–Crippen LogP) is 3.70. The Morgan fingerprint density at radius 1 is 1.22 bits per heavy atom. The first-order valence-corrected chi connectivity index (χ1v) is 9.45. The lowest BCUT2D eigenvalue weighted by atomic mass is 10.2. The summed E-state index contributed by atoms with van der Waals surface area (Å²) in [6, 6.07) is 9.34. The number of benzene rings is 1. The number of halogens is 1. The largest absolute Gasteiger partial charge is 0.302 e. The van der Waals surface area contributed by atoms with E-state index in [-0.39, 0.29) is 12.3 Å². The van der Waals surface area contributed by atoms with Crippen molar-refractivity contribution in [3.63, 3.8) is 0 Å². The van der Waals surface area contributed by atoms with Crippen molar-refractivity contribution in [3.8, 4) is 11.3 Å². The Balaban J connectivity index is 1.48. The molecule has 0 aliphatic rings. The molecule has 4 aromatic rings. The number of carbonyl (C=O) groups is 1. The summed E-state index contributed by atoms with van der Waals surface area (Å²) in [7, 11) is 0. The van der Waals surface area contributed by atoms with Gasteiger partial charge in [-0.2, -0.15) is 4.98 Å². The van der Waals surface area contributed by atoms with Crippen LogP contribution >= 0.6 is 22.9 Å². The zero-order valence-electron chi connectivity index (χ0n) is 14.6. The Morgan fingerprint density at radius 2 is 2.07 bits per heavy atom. The Bertz CT molecular complexity index is 1150. The maximum absolute atomic E-state index is 12.3. The lowest BCUT2D eigenvalue weighted by molar-refractivity contribution is -0.115. The smallest absolute Gasteiger partial charge is 0.252 e. The number of thiazole rings is 1. The third-order valence-electron chi connectivity index (χ3n) is 3.85. The summed E-state index contributed by atoms with van der Waals surface area (Å²) in [6.45, 7) is 3.82. The molecule has 27 heavy (non-hydrogen) atoms. The standard InChI is InChI=1S/C18H15ClN6OS/c1-10-6-11(2)25-17(20-10)22-15(24-25)8-16(26)23-18-21-14(9-27-18)12-4-3-5-13(19)7-12/h3-7,9H,8H2,1-2H3,(H,21,23,26). The molecule has 0 saturated carbocycles. The average Bonchev–Trinajstić information content (AvgIpc) is 3.21. The molecule has 136 valence electrons. The summed E-state index contributed by atoms with van der Waals surface area (Å²) >= 11 is 7.37. The molecule has 0 bridgehead atoms. The second-order valence-corrected chi connectivity index (χ2v) is 7.35. The predicted molar refractivity (Wildman–Crippen MR) is 105 cm³/mol. The SMILES string of the molecule is Cc1cc(C)n2nc(CC(=O)Nc3nc(-c4cccc(Cl)c4)cs3)nc2n1. The van der Waals surface area contributed by atoms with E-state index in [2.05, 4.69) is 25.4 Å². The summed E-state index contributed by atoms with van der Waals surface area (Å²) in [5.74, 6) is 0.681. The van der Waals surface area contributed by atoms with Crippen molar-refractivity contribution < 1.29 is 4.79 Å². The van der Waals surface area contributed by atoms with E-state index in [0.29, 0.717) is 21.8 Å². The van der Waals surface area contributed by atoms with E-state index in [1.165, 1.54) is 11.3 Å². The van der Waals surface area contributed by atoms with Gasteiger partial charge in [-0.1, -0.05) is 23.7 Å². The monoisotopic (exact) mass is 398 g/mol. The first-order valence-electron chi connectivity index (χ1n) is 8.19. The molecule has 1 amide bonds. The molecule has 0 atom stereocenters. The third-order valence-corrected chi connectivity index (χ3v) is 4.84. The number of rotatable bonds is 4. The number of nitrogens with zero attached hydrogens (tertiary/aromatic N) is 5. The maximum Gasteiger partial charge on any atom is 0.252 e. The van der Waals surface area contributed by atoms with Crippen LogP contribution in [0, 0.1) is 13.8 Å². The maximum atomic E-state index is 12.3. The normalized spacial score (nSPS) is 11.1. The van der Waals surface area contributed by atoms with Gasteiger partial charge >= 0.3 is 0 Å². The number of aryl methyl sites for hydroxylation is 2. The fourth-order valence-electron chi connectivity index (χ4n) is 2.70. The second kappa shape index (κ2) is 7.05. The van der Waals surface area contributed by atoms with Crippen LogP contribution < -0.4 is 5.32 Å². The molecule has 7 nitrogen and oxygen atoms in total. The molecular formula is C18H15ClN6OS. The topological polar surface area (TPSA) is 85.1 Å². The number of aromatic nitrogens is 5. The third kappa shape index (κ3) is 3.81. The van der Waals surface area contributed by atoms with Crippen LogP contribution in [-0.2, 0) is 11.2 Å². The van der Waals surface area contributed by atoms with Gasteiger partial charge < -0.3 is 5.32 Å². The van der Waals surface area contributed by atoms with Crippen LogP contribution in [0.2, 0.25) is 5.02 Å². The quantitative estimate of drug-likeness (QED) is 0.566. The van der Waals surface area contributed by atoms with Crippen LogP contribution in [-0.4, -0.2) is 30.5 Å². The van der Waals surface area contributed by atoms with Crippen molar-refractivity contribution in [1.82, 2.24) is 24.6 Å². The molecule has 0 spiro atoms. The van der Waals surface area contributed by atoms with E-state index in [9.17, 15) is 4.79 Å². The van der Waals surface area contributed by atoms with Crippen molar-refractivity contribution in [1.29, 1.82) is 0 Å². The summed E-state index contributed by atoms with van der Waals surface area (Å²) in [4.78, 5) is 25.4. The van der Waals surface area contributed by atoms with Gasteiger partial charge in [0.05, 0.1) is 12.1 Å². The Morgan fingerprint density at radius 3 is 2.89 bits per heavy atom. The summed E-state index contributed by atoms with van der Waals surface area (Å²) < 4.78 is 1.64. The molecular weight excluding hydrogens is 384 g/mol. The molecule has 3 heterocycles. The van der Waals surface area contributed by atoms with Crippen molar-refractivity contribution in [2.75, 3.05) is 5.32 Å². The number of hydrogen-bond donors (Lipinski definition) is 1. The number of carbonyl (C=O) groups excluding carboxylic acids is 1. The Labute approximate surface area is 164 Å². The van der Waals surface area contributed by atoms with E-state index in [1.807, 2.05) is 43.5 Å². The van der Waals surface area contributed by atoms with E-state index >= 15 is 0 Å². The van der Waals surface area contributed by atoms with E-state index in [0.717, 1.165) is 22.6 Å². The van der Waals surface area contributed by atoms with Gasteiger partial charge in [-0.25, -0.2) is 14.5 Å². The van der Waals surface area contributed by atoms with Crippen molar-refractivity contribution in [3.05, 3.63) is 57.9 Å². The summed E-state index contributed by atoms with van der Waals surface area (Å²) in [5.41, 5.74) is 3.44. The highest BCUT2D eigenvalue weighted by Gasteiger charge is 2.13. The molecule has 0 saturated heterocycles. The van der Waals surface area contributed by atoms with Crippen LogP contribution in [0.4, 0.5) is 5.13 Å². The molecule has 0 fully saturated rings. The van der Waals surface area contributed by atoms with E-state index in [4.69, 9.17) is 11.6 Å². The molecule has 0 radical (unpaired) electrons. The van der Waals surface area contributed by atoms with Crippen LogP contribution in [0.25, 0.3) is 17.0 Å².